The molecule has 0 unspecified atom stereocenters. The number of nitrogen functional groups attached to an aromatic ring is 1. The Morgan fingerprint density at radius 3 is 2.55 bits per heavy atom. The van der Waals surface area contributed by atoms with Crippen LogP contribution in [0.2, 0.25) is 0 Å². The summed E-state index contributed by atoms with van der Waals surface area (Å²) in [6, 6.07) is 0.765. The Kier molecular flexibility index (Phi) is 1.98. The third-order valence-electron chi connectivity index (χ3n) is 1.17. The highest BCUT2D eigenvalue weighted by Gasteiger charge is 2.11. The number of pyridine rings is 1. The maximum absolute atomic E-state index is 12.2. The lowest BCUT2D eigenvalue weighted by atomic mass is 10.2. The number of nitrogens with two attached hydrogens (primary N) is 1. The Bertz CT molecular complexity index is 262. The second kappa shape index (κ2) is 2.77. The van der Waals surface area contributed by atoms with Crippen LogP contribution in [0.15, 0.2) is 12.3 Å². The van der Waals surface area contributed by atoms with Crippen LogP contribution in [-0.2, 0) is 0 Å². The van der Waals surface area contributed by atoms with E-state index in [4.69, 9.17) is 5.73 Å². The van der Waals surface area contributed by atoms with Crippen LogP contribution in [0.5, 0.6) is 0 Å². The molecule has 1 heterocycles. The zero-order valence-electron chi connectivity index (χ0n) is 5.39. The van der Waals surface area contributed by atoms with E-state index in [9.17, 15) is 13.2 Å². The lowest BCUT2D eigenvalue weighted by Crippen LogP contribution is -1.97. The lowest BCUT2D eigenvalue weighted by Gasteiger charge is -2.01. The molecule has 0 aliphatic rings. The van der Waals surface area contributed by atoms with Gasteiger partial charge in [-0.3, -0.25) is 0 Å². The van der Waals surface area contributed by atoms with Crippen molar-refractivity contribution in [2.45, 2.75) is 6.43 Å². The molecule has 0 aliphatic heterocycles. The van der Waals surface area contributed by atoms with Crippen molar-refractivity contribution in [3.8, 4) is 0 Å². The summed E-state index contributed by atoms with van der Waals surface area (Å²) in [5, 5.41) is 0. The molecule has 0 fully saturated rings. The van der Waals surface area contributed by atoms with Gasteiger partial charge in [-0.15, -0.1) is 0 Å². The van der Waals surface area contributed by atoms with E-state index < -0.39 is 17.9 Å². The lowest BCUT2D eigenvalue weighted by molar-refractivity contribution is 0.151. The number of nitrogens with zero attached hydrogens (tertiary/aromatic N) is 1. The van der Waals surface area contributed by atoms with E-state index in [1.807, 2.05) is 0 Å². The molecule has 0 atom stereocenters. The van der Waals surface area contributed by atoms with E-state index in [2.05, 4.69) is 4.98 Å². The Balaban J connectivity index is 3.09. The highest BCUT2D eigenvalue weighted by atomic mass is 19.3. The van der Waals surface area contributed by atoms with E-state index in [0.29, 0.717) is 0 Å². The smallest absolute Gasteiger partial charge is 0.267 e. The first-order chi connectivity index (χ1) is 5.11. The third kappa shape index (κ3) is 1.60. The highest BCUT2D eigenvalue weighted by Crippen LogP contribution is 2.23. The van der Waals surface area contributed by atoms with Crippen molar-refractivity contribution in [3.63, 3.8) is 0 Å². The second-order valence-electron chi connectivity index (χ2n) is 1.94. The molecule has 0 bridgehead atoms. The SMILES string of the molecule is Nc1cc(F)ncc1C(F)F. The molecule has 0 aliphatic carbocycles. The molecule has 2 nitrogen and oxygen atoms in total. The molecule has 0 saturated carbocycles. The minimum atomic E-state index is -2.71. The summed E-state index contributed by atoms with van der Waals surface area (Å²) in [6.45, 7) is 0. The van der Waals surface area contributed by atoms with Gasteiger partial charge >= 0.3 is 0 Å². The van der Waals surface area contributed by atoms with Gasteiger partial charge in [0.2, 0.25) is 5.95 Å². The van der Waals surface area contributed by atoms with Gasteiger partial charge in [-0.05, 0) is 0 Å². The highest BCUT2D eigenvalue weighted by molar-refractivity contribution is 5.45. The van der Waals surface area contributed by atoms with Crippen LogP contribution in [-0.4, -0.2) is 4.98 Å². The molecule has 0 amide bonds. The Hall–Kier alpha value is -1.26. The molecule has 0 saturated heterocycles. The molecule has 0 spiro atoms. The van der Waals surface area contributed by atoms with E-state index >= 15 is 0 Å². The number of hydrogen-bond acceptors (Lipinski definition) is 2. The summed E-state index contributed by atoms with van der Waals surface area (Å²) < 4.78 is 36.0. The van der Waals surface area contributed by atoms with Crippen LogP contribution in [0, 0.1) is 5.95 Å². The van der Waals surface area contributed by atoms with E-state index in [1.54, 1.807) is 0 Å². The van der Waals surface area contributed by atoms with Crippen LogP contribution < -0.4 is 5.73 Å². The molecule has 2 N–H and O–H groups in total. The first-order valence-electron chi connectivity index (χ1n) is 2.80. The van der Waals surface area contributed by atoms with Crippen molar-refractivity contribution in [1.82, 2.24) is 4.98 Å². The van der Waals surface area contributed by atoms with Gasteiger partial charge in [-0.1, -0.05) is 0 Å². The predicted molar refractivity (Wildman–Crippen MR) is 33.6 cm³/mol. The summed E-state index contributed by atoms with van der Waals surface area (Å²) in [5.41, 5.74) is 4.35. The minimum Gasteiger partial charge on any atom is -0.398 e. The van der Waals surface area contributed by atoms with Crippen LogP contribution in [0.25, 0.3) is 0 Å². The Morgan fingerprint density at radius 1 is 1.45 bits per heavy atom. The van der Waals surface area contributed by atoms with Gasteiger partial charge in [-0.25, -0.2) is 13.8 Å². The van der Waals surface area contributed by atoms with E-state index in [0.717, 1.165) is 12.3 Å². The molecule has 0 radical (unpaired) electrons. The second-order valence-corrected chi connectivity index (χ2v) is 1.94. The first kappa shape index (κ1) is 7.84. The molecule has 1 aromatic heterocycles. The number of hydrogen-bond donors (Lipinski definition) is 1. The van der Waals surface area contributed by atoms with Crippen LogP contribution in [0.1, 0.15) is 12.0 Å². The monoisotopic (exact) mass is 162 g/mol. The van der Waals surface area contributed by atoms with Gasteiger partial charge in [0.05, 0.1) is 5.56 Å². The summed E-state index contributed by atoms with van der Waals surface area (Å²) in [4.78, 5) is 3.03. The maximum atomic E-state index is 12.2. The average Bonchev–Trinajstić information content (AvgIpc) is 1.85. The summed E-state index contributed by atoms with van der Waals surface area (Å²) in [7, 11) is 0. The van der Waals surface area contributed by atoms with Crippen molar-refractivity contribution in [3.05, 3.63) is 23.8 Å². The number of halogens is 3. The molecule has 60 valence electrons. The predicted octanol–water partition coefficient (Wildman–Crippen LogP) is 1.74. The van der Waals surface area contributed by atoms with Gasteiger partial charge in [0.25, 0.3) is 6.43 Å². The van der Waals surface area contributed by atoms with Gasteiger partial charge in [0.15, 0.2) is 0 Å². The maximum Gasteiger partial charge on any atom is 0.267 e. The number of anilines is 1. The standard InChI is InChI=1S/C6H5F3N2/c7-5-1-4(10)3(2-11-5)6(8)9/h1-2,6H,(H2,10,11). The van der Waals surface area contributed by atoms with Crippen molar-refractivity contribution in [2.75, 3.05) is 5.73 Å². The van der Waals surface area contributed by atoms with Gasteiger partial charge in [0, 0.05) is 18.0 Å². The fourth-order valence-electron chi connectivity index (χ4n) is 0.637. The molecular weight excluding hydrogens is 157 g/mol. The van der Waals surface area contributed by atoms with Crippen LogP contribution >= 0.6 is 0 Å². The molecule has 5 heteroatoms. The van der Waals surface area contributed by atoms with Crippen molar-refractivity contribution >= 4 is 5.69 Å². The molecule has 1 aromatic rings. The van der Waals surface area contributed by atoms with Gasteiger partial charge in [-0.2, -0.15) is 4.39 Å². The number of rotatable bonds is 1. The Labute approximate surface area is 60.9 Å². The topological polar surface area (TPSA) is 38.9 Å². The van der Waals surface area contributed by atoms with Crippen molar-refractivity contribution < 1.29 is 13.2 Å². The van der Waals surface area contributed by atoms with Crippen molar-refractivity contribution in [1.29, 1.82) is 0 Å². The normalized spacial score (nSPS) is 10.5. The van der Waals surface area contributed by atoms with Crippen LogP contribution in [0.3, 0.4) is 0 Å². The number of alkyl halides is 2. The fraction of sp³-hybridized carbons (Fsp3) is 0.167. The minimum absolute atomic E-state index is 0.271. The summed E-state index contributed by atoms with van der Waals surface area (Å²) in [6.07, 6.45) is -1.97. The fourth-order valence-corrected chi connectivity index (χ4v) is 0.637. The van der Waals surface area contributed by atoms with Gasteiger partial charge < -0.3 is 5.73 Å². The quantitative estimate of drug-likeness (QED) is 0.639. The third-order valence-corrected chi connectivity index (χ3v) is 1.17. The van der Waals surface area contributed by atoms with Crippen molar-refractivity contribution in [2.24, 2.45) is 0 Å². The zero-order valence-corrected chi connectivity index (χ0v) is 5.39. The number of aromatic nitrogens is 1. The zero-order chi connectivity index (χ0) is 8.43. The molecule has 0 aromatic carbocycles. The largest absolute Gasteiger partial charge is 0.398 e. The van der Waals surface area contributed by atoms with E-state index in [1.165, 1.54) is 0 Å². The summed E-state index contributed by atoms with van der Waals surface area (Å²) in [5.74, 6) is -0.855. The van der Waals surface area contributed by atoms with Crippen LogP contribution in [0.4, 0.5) is 18.9 Å². The molecule has 1 rings (SSSR count). The Morgan fingerprint density at radius 2 is 2.09 bits per heavy atom. The van der Waals surface area contributed by atoms with Gasteiger partial charge in [0.1, 0.15) is 0 Å². The molecule has 11 heavy (non-hydrogen) atoms. The molecular formula is C6H5F3N2. The average molecular weight is 162 g/mol. The summed E-state index contributed by atoms with van der Waals surface area (Å²) >= 11 is 0. The van der Waals surface area contributed by atoms with E-state index in [-0.39, 0.29) is 5.69 Å². The first-order valence-corrected chi connectivity index (χ1v) is 2.80.